The molecule has 1 N–H and O–H groups in total. The molecule has 0 fully saturated rings. The lowest BCUT2D eigenvalue weighted by Crippen LogP contribution is -2.13. The number of Topliss-reactive ketones (excluding diaryl/α,β-unsaturated/α-hetero) is 1. The Morgan fingerprint density at radius 3 is 2.72 bits per heavy atom. The second-order valence-electron chi connectivity index (χ2n) is 8.55. The lowest BCUT2D eigenvalue weighted by atomic mass is 9.98. The van der Waals surface area contributed by atoms with Gasteiger partial charge >= 0.3 is 0 Å². The van der Waals surface area contributed by atoms with E-state index in [0.717, 1.165) is 34.5 Å². The van der Waals surface area contributed by atoms with Crippen molar-refractivity contribution in [2.45, 2.75) is 27.2 Å². The fourth-order valence-electron chi connectivity index (χ4n) is 4.01. The summed E-state index contributed by atoms with van der Waals surface area (Å²) in [6, 6.07) is 11.8. The van der Waals surface area contributed by atoms with Gasteiger partial charge in [0.15, 0.2) is 11.6 Å². The van der Waals surface area contributed by atoms with E-state index in [0.29, 0.717) is 29.2 Å². The zero-order chi connectivity index (χ0) is 25.7. The van der Waals surface area contributed by atoms with Crippen LogP contribution in [0.5, 0.6) is 0 Å². The second-order valence-corrected chi connectivity index (χ2v) is 8.55. The Balaban J connectivity index is 1.58. The molecule has 0 atom stereocenters. The number of benzene rings is 2. The van der Waals surface area contributed by atoms with Crippen molar-refractivity contribution < 1.29 is 4.79 Å². The first-order valence-electron chi connectivity index (χ1n) is 11.8. The van der Waals surface area contributed by atoms with Crippen molar-refractivity contribution in [1.29, 1.82) is 0 Å². The summed E-state index contributed by atoms with van der Waals surface area (Å²) in [5.74, 6) is 7.10. The highest BCUT2D eigenvalue weighted by Crippen LogP contribution is 2.18. The Labute approximate surface area is 212 Å². The number of carbonyl (C=O) groups excluding carboxylic acids is 1. The summed E-state index contributed by atoms with van der Waals surface area (Å²) in [5.41, 5.74) is 6.88. The van der Waals surface area contributed by atoms with Crippen LogP contribution in [0.1, 0.15) is 51.1 Å². The summed E-state index contributed by atoms with van der Waals surface area (Å²) in [6.45, 7) is 14.7. The quantitative estimate of drug-likeness (QED) is 0.281. The number of aromatic nitrogens is 4. The van der Waals surface area contributed by atoms with E-state index < -0.39 is 0 Å². The van der Waals surface area contributed by atoms with Crippen LogP contribution in [0.3, 0.4) is 0 Å². The molecule has 0 unspecified atom stereocenters. The summed E-state index contributed by atoms with van der Waals surface area (Å²) in [7, 11) is 0. The van der Waals surface area contributed by atoms with Gasteiger partial charge in [-0.25, -0.2) is 9.97 Å². The molecule has 36 heavy (non-hydrogen) atoms. The van der Waals surface area contributed by atoms with Crippen molar-refractivity contribution in [3.05, 3.63) is 114 Å². The number of aryl methyl sites for hydroxylation is 2. The van der Waals surface area contributed by atoms with E-state index in [1.54, 1.807) is 29.5 Å². The first-order chi connectivity index (χ1) is 17.4. The lowest BCUT2D eigenvalue weighted by molar-refractivity contribution is 0.0993. The topological polar surface area (TPSA) is 64.7 Å². The lowest BCUT2D eigenvalue weighted by Gasteiger charge is -2.09. The number of nitrogens with zero attached hydrogens (tertiary/aromatic N) is 4. The van der Waals surface area contributed by atoms with Gasteiger partial charge in [-0.3, -0.25) is 9.36 Å². The molecule has 0 radical (unpaired) electrons. The van der Waals surface area contributed by atoms with Crippen molar-refractivity contribution in [3.8, 4) is 17.5 Å². The zero-order valence-electron chi connectivity index (χ0n) is 20.9. The van der Waals surface area contributed by atoms with Gasteiger partial charge in [0.1, 0.15) is 5.69 Å². The number of carbonyl (C=O) groups is 1. The van der Waals surface area contributed by atoms with Crippen LogP contribution < -0.4 is 5.32 Å². The predicted octanol–water partition coefficient (Wildman–Crippen LogP) is 5.19. The maximum Gasteiger partial charge on any atom is 0.167 e. The first kappa shape index (κ1) is 24.5. The Morgan fingerprint density at radius 2 is 2.00 bits per heavy atom. The van der Waals surface area contributed by atoms with Crippen molar-refractivity contribution >= 4 is 17.7 Å². The van der Waals surface area contributed by atoms with E-state index in [4.69, 9.17) is 0 Å². The summed E-state index contributed by atoms with van der Waals surface area (Å²) < 4.78 is 3.74. The van der Waals surface area contributed by atoms with Crippen LogP contribution in [0, 0.1) is 25.7 Å². The fourth-order valence-corrected chi connectivity index (χ4v) is 4.01. The third-order valence-electron chi connectivity index (χ3n) is 5.81. The molecule has 4 aromatic rings. The Bertz CT molecular complexity index is 1500. The summed E-state index contributed by atoms with van der Waals surface area (Å²) in [6.07, 6.45) is 9.06. The Morgan fingerprint density at radius 1 is 1.17 bits per heavy atom. The van der Waals surface area contributed by atoms with E-state index in [1.165, 1.54) is 0 Å². The van der Waals surface area contributed by atoms with Gasteiger partial charge in [0.2, 0.25) is 0 Å². The van der Waals surface area contributed by atoms with Crippen molar-refractivity contribution in [1.82, 2.24) is 24.4 Å². The fraction of sp³-hybridized carbons (Fsp3) is 0.167. The van der Waals surface area contributed by atoms with Crippen LogP contribution in [0.25, 0.3) is 17.6 Å². The van der Waals surface area contributed by atoms with Crippen LogP contribution in [0.15, 0.2) is 74.5 Å². The SMILES string of the molecule is C=Cn1c(C#Cc2cc(C(=O)Cc3cc(C)cc(-n4ccnc4)c3)ccc2C)cnc1C(=C)NCC. The van der Waals surface area contributed by atoms with E-state index in [2.05, 4.69) is 46.3 Å². The standard InChI is InChI=1S/C30H29N5O/c1-6-32-23(5)30-33-19-27(35(30)7-2)11-10-25-18-26(9-8-22(25)4)29(36)17-24-14-21(3)15-28(16-24)34-13-12-31-20-34/h7-9,12-16,18-20,32H,2,5-6,17H2,1,3-4H3. The molecular weight excluding hydrogens is 446 g/mol. The molecule has 0 bridgehead atoms. The Kier molecular flexibility index (Phi) is 7.31. The van der Waals surface area contributed by atoms with Gasteiger partial charge < -0.3 is 9.88 Å². The van der Waals surface area contributed by atoms with E-state index >= 15 is 0 Å². The highest BCUT2D eigenvalue weighted by molar-refractivity contribution is 5.98. The molecule has 2 aromatic heterocycles. The molecule has 0 aliphatic heterocycles. The molecule has 6 heteroatoms. The average Bonchev–Trinajstić information content (AvgIpc) is 3.53. The number of ketones is 1. The molecule has 6 nitrogen and oxygen atoms in total. The molecule has 2 aromatic carbocycles. The van der Waals surface area contributed by atoms with Gasteiger partial charge in [0, 0.05) is 48.4 Å². The van der Waals surface area contributed by atoms with Crippen LogP contribution in [0.2, 0.25) is 0 Å². The number of imidazole rings is 2. The minimum atomic E-state index is 0.0422. The average molecular weight is 476 g/mol. The minimum absolute atomic E-state index is 0.0422. The van der Waals surface area contributed by atoms with Gasteiger partial charge in [0.25, 0.3) is 0 Å². The van der Waals surface area contributed by atoms with Gasteiger partial charge in [-0.2, -0.15) is 0 Å². The molecule has 4 rings (SSSR count). The van der Waals surface area contributed by atoms with Crippen molar-refractivity contribution in [3.63, 3.8) is 0 Å². The first-order valence-corrected chi connectivity index (χ1v) is 11.8. The summed E-state index contributed by atoms with van der Waals surface area (Å²) >= 11 is 0. The molecule has 0 spiro atoms. The number of hydrogen-bond donors (Lipinski definition) is 1. The van der Waals surface area contributed by atoms with E-state index in [9.17, 15) is 4.79 Å². The van der Waals surface area contributed by atoms with Gasteiger partial charge in [-0.15, -0.1) is 0 Å². The highest BCUT2D eigenvalue weighted by Gasteiger charge is 2.12. The van der Waals surface area contributed by atoms with Gasteiger partial charge in [-0.1, -0.05) is 37.3 Å². The molecule has 0 saturated carbocycles. The predicted molar refractivity (Wildman–Crippen MR) is 145 cm³/mol. The minimum Gasteiger partial charge on any atom is -0.383 e. The molecule has 2 heterocycles. The third-order valence-corrected chi connectivity index (χ3v) is 5.81. The second kappa shape index (κ2) is 10.7. The van der Waals surface area contributed by atoms with Crippen LogP contribution in [0.4, 0.5) is 0 Å². The maximum absolute atomic E-state index is 13.2. The van der Waals surface area contributed by atoms with Gasteiger partial charge in [0.05, 0.1) is 18.2 Å². The van der Waals surface area contributed by atoms with Crippen LogP contribution in [-0.2, 0) is 6.42 Å². The van der Waals surface area contributed by atoms with Crippen molar-refractivity contribution in [2.24, 2.45) is 0 Å². The molecule has 0 amide bonds. The third kappa shape index (κ3) is 5.37. The number of hydrogen-bond acceptors (Lipinski definition) is 4. The molecular formula is C30H29N5O. The molecule has 0 aliphatic carbocycles. The zero-order valence-corrected chi connectivity index (χ0v) is 20.9. The highest BCUT2D eigenvalue weighted by atomic mass is 16.1. The van der Waals surface area contributed by atoms with Crippen molar-refractivity contribution in [2.75, 3.05) is 6.54 Å². The number of rotatable bonds is 8. The monoisotopic (exact) mass is 475 g/mol. The largest absolute Gasteiger partial charge is 0.383 e. The van der Waals surface area contributed by atoms with Crippen LogP contribution >= 0.6 is 0 Å². The summed E-state index contributed by atoms with van der Waals surface area (Å²) in [5, 5.41) is 3.17. The molecule has 0 saturated heterocycles. The van der Waals surface area contributed by atoms with Crippen LogP contribution in [-0.4, -0.2) is 31.4 Å². The number of nitrogens with one attached hydrogen (secondary N) is 1. The van der Waals surface area contributed by atoms with E-state index in [-0.39, 0.29) is 5.78 Å². The molecule has 0 aliphatic rings. The maximum atomic E-state index is 13.2. The Hall–Kier alpha value is -4.63. The molecule has 180 valence electrons. The van der Waals surface area contributed by atoms with E-state index in [1.807, 2.05) is 61.9 Å². The smallest absolute Gasteiger partial charge is 0.167 e. The summed E-state index contributed by atoms with van der Waals surface area (Å²) in [4.78, 5) is 21.7. The normalized spacial score (nSPS) is 10.4. The van der Waals surface area contributed by atoms with Gasteiger partial charge in [-0.05, 0) is 61.6 Å².